The Labute approximate surface area is 147 Å². The van der Waals surface area contributed by atoms with Crippen LogP contribution in [0, 0.1) is 6.92 Å². The average molecular weight is 341 g/mol. The first-order chi connectivity index (χ1) is 12.1. The van der Waals surface area contributed by atoms with Gasteiger partial charge < -0.3 is 9.64 Å². The van der Waals surface area contributed by atoms with Crippen LogP contribution in [0.4, 0.5) is 0 Å². The monoisotopic (exact) mass is 341 g/mol. The molecule has 0 atom stereocenters. The van der Waals surface area contributed by atoms with Crippen LogP contribution in [0.25, 0.3) is 5.69 Å². The molecule has 0 unspecified atom stereocenters. The van der Waals surface area contributed by atoms with Gasteiger partial charge in [-0.25, -0.2) is 4.68 Å². The summed E-state index contributed by atoms with van der Waals surface area (Å²) in [6.45, 7) is 5.83. The first-order valence-electron chi connectivity index (χ1n) is 8.73. The largest absolute Gasteiger partial charge is 0.478 e. The maximum atomic E-state index is 12.6. The van der Waals surface area contributed by atoms with Gasteiger partial charge in [0.2, 0.25) is 11.3 Å². The van der Waals surface area contributed by atoms with E-state index in [1.807, 2.05) is 38.1 Å². The summed E-state index contributed by atoms with van der Waals surface area (Å²) in [6.07, 6.45) is 2.75. The lowest BCUT2D eigenvalue weighted by Gasteiger charge is -2.17. The highest BCUT2D eigenvalue weighted by Crippen LogP contribution is 2.17. The molecule has 132 valence electrons. The SMILES string of the molecule is CCCOc1cc(=O)c(C(=O)N2CCCC2)nn1-c1ccc(C)cc1. The number of hydrogen-bond donors (Lipinski definition) is 0. The molecule has 1 saturated heterocycles. The molecule has 1 amide bonds. The Morgan fingerprint density at radius 3 is 2.52 bits per heavy atom. The van der Waals surface area contributed by atoms with Gasteiger partial charge in [0.15, 0.2) is 5.69 Å². The molecule has 3 rings (SSSR count). The number of nitrogens with zero attached hydrogens (tertiary/aromatic N) is 3. The lowest BCUT2D eigenvalue weighted by atomic mass is 10.2. The quantitative estimate of drug-likeness (QED) is 0.838. The van der Waals surface area contributed by atoms with E-state index in [9.17, 15) is 9.59 Å². The molecule has 1 aromatic carbocycles. The summed E-state index contributed by atoms with van der Waals surface area (Å²) >= 11 is 0. The number of amides is 1. The summed E-state index contributed by atoms with van der Waals surface area (Å²) in [5.41, 5.74) is 1.43. The molecule has 1 aliphatic rings. The molecule has 0 bridgehead atoms. The van der Waals surface area contributed by atoms with E-state index >= 15 is 0 Å². The molecule has 2 aromatic rings. The van der Waals surface area contributed by atoms with Crippen molar-refractivity contribution in [3.8, 4) is 11.6 Å². The van der Waals surface area contributed by atoms with Crippen LogP contribution in [-0.2, 0) is 0 Å². The van der Waals surface area contributed by atoms with Crippen LogP contribution in [0.1, 0.15) is 42.2 Å². The van der Waals surface area contributed by atoms with Crippen molar-refractivity contribution in [2.24, 2.45) is 0 Å². The van der Waals surface area contributed by atoms with E-state index in [-0.39, 0.29) is 11.6 Å². The summed E-state index contributed by atoms with van der Waals surface area (Å²) < 4.78 is 7.23. The number of carbonyl (C=O) groups is 1. The molecule has 2 heterocycles. The first kappa shape index (κ1) is 17.2. The number of likely N-dealkylation sites (tertiary alicyclic amines) is 1. The van der Waals surface area contributed by atoms with Crippen molar-refractivity contribution in [1.29, 1.82) is 0 Å². The van der Waals surface area contributed by atoms with E-state index in [4.69, 9.17) is 4.74 Å². The van der Waals surface area contributed by atoms with Crippen LogP contribution in [0.2, 0.25) is 0 Å². The third kappa shape index (κ3) is 3.73. The van der Waals surface area contributed by atoms with E-state index in [0.29, 0.717) is 25.6 Å². The van der Waals surface area contributed by atoms with Gasteiger partial charge in [-0.3, -0.25) is 9.59 Å². The maximum absolute atomic E-state index is 12.6. The number of ether oxygens (including phenoxy) is 1. The van der Waals surface area contributed by atoms with Crippen molar-refractivity contribution >= 4 is 5.91 Å². The van der Waals surface area contributed by atoms with Crippen LogP contribution < -0.4 is 10.2 Å². The summed E-state index contributed by atoms with van der Waals surface area (Å²) in [6, 6.07) is 9.08. The third-order valence-corrected chi connectivity index (χ3v) is 4.23. The van der Waals surface area contributed by atoms with Crippen molar-refractivity contribution in [2.45, 2.75) is 33.1 Å². The van der Waals surface area contributed by atoms with E-state index in [0.717, 1.165) is 30.5 Å². The van der Waals surface area contributed by atoms with Gasteiger partial charge in [0.05, 0.1) is 18.4 Å². The molecular formula is C19H23N3O3. The number of aryl methyl sites for hydroxylation is 1. The van der Waals surface area contributed by atoms with Gasteiger partial charge in [-0.15, -0.1) is 0 Å². The fourth-order valence-corrected chi connectivity index (χ4v) is 2.84. The Morgan fingerprint density at radius 2 is 1.88 bits per heavy atom. The van der Waals surface area contributed by atoms with Crippen LogP contribution >= 0.6 is 0 Å². The zero-order valence-electron chi connectivity index (χ0n) is 14.7. The van der Waals surface area contributed by atoms with Gasteiger partial charge in [0, 0.05) is 13.1 Å². The summed E-state index contributed by atoms with van der Waals surface area (Å²) in [5, 5.41) is 4.36. The van der Waals surface area contributed by atoms with Crippen molar-refractivity contribution in [1.82, 2.24) is 14.7 Å². The number of aromatic nitrogens is 2. The second-order valence-electron chi connectivity index (χ2n) is 6.29. The van der Waals surface area contributed by atoms with Gasteiger partial charge in [-0.2, -0.15) is 5.10 Å². The van der Waals surface area contributed by atoms with Gasteiger partial charge in [-0.05, 0) is 38.3 Å². The smallest absolute Gasteiger partial charge is 0.278 e. The number of rotatable bonds is 5. The Balaban J connectivity index is 2.05. The molecule has 0 spiro atoms. The second-order valence-corrected chi connectivity index (χ2v) is 6.29. The summed E-state index contributed by atoms with van der Waals surface area (Å²) in [4.78, 5) is 26.8. The van der Waals surface area contributed by atoms with Crippen molar-refractivity contribution in [3.63, 3.8) is 0 Å². The minimum Gasteiger partial charge on any atom is -0.478 e. The lowest BCUT2D eigenvalue weighted by Crippen LogP contribution is -2.34. The molecule has 0 N–H and O–H groups in total. The number of carbonyl (C=O) groups excluding carboxylic acids is 1. The van der Waals surface area contributed by atoms with Gasteiger partial charge >= 0.3 is 0 Å². The molecule has 1 aliphatic heterocycles. The Bertz CT molecular complexity index is 806. The standard InChI is InChI=1S/C19H23N3O3/c1-3-12-25-17-13-16(23)18(19(24)21-10-4-5-11-21)20-22(17)15-8-6-14(2)7-9-15/h6-9,13H,3-5,10-12H2,1-2H3. The third-order valence-electron chi connectivity index (χ3n) is 4.23. The fraction of sp³-hybridized carbons (Fsp3) is 0.421. The molecule has 0 radical (unpaired) electrons. The molecule has 1 fully saturated rings. The van der Waals surface area contributed by atoms with Gasteiger partial charge in [0.1, 0.15) is 0 Å². The number of benzene rings is 1. The van der Waals surface area contributed by atoms with Crippen molar-refractivity contribution < 1.29 is 9.53 Å². The highest BCUT2D eigenvalue weighted by atomic mass is 16.5. The highest BCUT2D eigenvalue weighted by Gasteiger charge is 2.24. The average Bonchev–Trinajstić information content (AvgIpc) is 3.15. The predicted molar refractivity (Wildman–Crippen MR) is 95.5 cm³/mol. The Morgan fingerprint density at radius 1 is 1.20 bits per heavy atom. The number of hydrogen-bond acceptors (Lipinski definition) is 4. The van der Waals surface area contributed by atoms with E-state index in [1.165, 1.54) is 6.07 Å². The van der Waals surface area contributed by atoms with E-state index in [2.05, 4.69) is 5.10 Å². The van der Waals surface area contributed by atoms with Crippen LogP contribution in [0.5, 0.6) is 5.88 Å². The highest BCUT2D eigenvalue weighted by molar-refractivity contribution is 5.92. The summed E-state index contributed by atoms with van der Waals surface area (Å²) in [7, 11) is 0. The second kappa shape index (κ2) is 7.51. The minimum absolute atomic E-state index is 0.0497. The Hall–Kier alpha value is -2.63. The van der Waals surface area contributed by atoms with Crippen molar-refractivity contribution in [2.75, 3.05) is 19.7 Å². The molecule has 6 heteroatoms. The minimum atomic E-state index is -0.397. The molecule has 0 aliphatic carbocycles. The normalized spacial score (nSPS) is 13.9. The predicted octanol–water partition coefficient (Wildman–Crippen LogP) is 2.57. The van der Waals surface area contributed by atoms with Gasteiger partial charge in [-0.1, -0.05) is 24.6 Å². The zero-order valence-corrected chi connectivity index (χ0v) is 14.7. The zero-order chi connectivity index (χ0) is 17.8. The van der Waals surface area contributed by atoms with Crippen LogP contribution in [0.3, 0.4) is 0 Å². The Kier molecular flexibility index (Phi) is 5.16. The molecule has 0 saturated carbocycles. The molecule has 6 nitrogen and oxygen atoms in total. The van der Waals surface area contributed by atoms with Crippen molar-refractivity contribution in [3.05, 3.63) is 51.8 Å². The topological polar surface area (TPSA) is 64.4 Å². The maximum Gasteiger partial charge on any atom is 0.278 e. The lowest BCUT2D eigenvalue weighted by molar-refractivity contribution is 0.0783. The van der Waals surface area contributed by atoms with E-state index in [1.54, 1.807) is 9.58 Å². The summed E-state index contributed by atoms with van der Waals surface area (Å²) in [5.74, 6) is 0.0547. The van der Waals surface area contributed by atoms with Crippen LogP contribution in [0.15, 0.2) is 35.1 Å². The molecule has 1 aromatic heterocycles. The molecular weight excluding hydrogens is 318 g/mol. The first-order valence-corrected chi connectivity index (χ1v) is 8.73. The molecule has 25 heavy (non-hydrogen) atoms. The van der Waals surface area contributed by atoms with E-state index < -0.39 is 5.43 Å². The van der Waals surface area contributed by atoms with Gasteiger partial charge in [0.25, 0.3) is 5.91 Å². The van der Waals surface area contributed by atoms with Crippen LogP contribution in [-0.4, -0.2) is 40.3 Å². The fourth-order valence-electron chi connectivity index (χ4n) is 2.84.